The van der Waals surface area contributed by atoms with Crippen LogP contribution in [0.3, 0.4) is 0 Å². The predicted octanol–water partition coefficient (Wildman–Crippen LogP) is 9.48. The number of hydrogen-bond acceptors (Lipinski definition) is 2. The van der Waals surface area contributed by atoms with E-state index >= 15 is 0 Å². The van der Waals surface area contributed by atoms with Gasteiger partial charge < -0.3 is 14.0 Å². The van der Waals surface area contributed by atoms with E-state index in [-0.39, 0.29) is 17.5 Å². The van der Waals surface area contributed by atoms with Gasteiger partial charge in [0.1, 0.15) is 23.0 Å². The van der Waals surface area contributed by atoms with Crippen LogP contribution in [0.4, 0.5) is 0 Å². The number of nitrogens with zero attached hydrogens (tertiary/aromatic N) is 1. The highest BCUT2D eigenvalue weighted by Crippen LogP contribution is 2.41. The molecule has 0 saturated carbocycles. The second-order valence-corrected chi connectivity index (χ2v) is 22.7. The Hall–Kier alpha value is -6.56. The first-order chi connectivity index (χ1) is 29.5. The molecule has 8 aromatic carbocycles. The van der Waals surface area contributed by atoms with Crippen molar-refractivity contribution in [3.05, 3.63) is 193 Å². The first kappa shape index (κ1) is 37.4. The third-order valence-corrected chi connectivity index (χ3v) is 18.0. The van der Waals surface area contributed by atoms with Crippen molar-refractivity contribution >= 4 is 73.7 Å². The summed E-state index contributed by atoms with van der Waals surface area (Å²) in [4.78, 5) is 0. The van der Waals surface area contributed by atoms with E-state index in [2.05, 4.69) is 228 Å². The minimum Gasteiger partial charge on any atom is -0.458 e. The lowest BCUT2D eigenvalue weighted by atomic mass is 9.34. The van der Waals surface area contributed by atoms with Gasteiger partial charge in [-0.2, -0.15) is 0 Å². The molecule has 1 aromatic heterocycles. The summed E-state index contributed by atoms with van der Waals surface area (Å²) in [7, 11) is -2.96. The fourth-order valence-electron chi connectivity index (χ4n) is 10.2. The molecule has 3 nitrogen and oxygen atoms in total. The van der Waals surface area contributed by atoms with Gasteiger partial charge in [-0.1, -0.05) is 193 Å². The number of rotatable bonds is 5. The topological polar surface area (TPSA) is 23.4 Å². The number of para-hydroxylation sites is 2. The summed E-state index contributed by atoms with van der Waals surface area (Å²) in [5.74, 6) is 3.46. The lowest BCUT2D eigenvalue weighted by Gasteiger charge is -2.36. The summed E-state index contributed by atoms with van der Waals surface area (Å²) in [5.41, 5.74) is 9.35. The number of hydrogen-bond donors (Lipinski definition) is 0. The number of benzene rings is 8. The monoisotopic (exact) mass is 805 g/mol. The molecule has 0 fully saturated rings. The lowest BCUT2D eigenvalue weighted by molar-refractivity contribution is 0.463. The van der Waals surface area contributed by atoms with Crippen molar-refractivity contribution in [3.63, 3.8) is 0 Å². The number of fused-ring (bicyclic) bond motifs is 7. The van der Waals surface area contributed by atoms with Crippen LogP contribution in [-0.2, 0) is 10.8 Å². The zero-order chi connectivity index (χ0) is 41.7. The maximum Gasteiger partial charge on any atom is 0.260 e. The molecule has 0 aliphatic carbocycles. The summed E-state index contributed by atoms with van der Waals surface area (Å²) in [6, 6.07) is 67.6. The average Bonchev–Trinajstić information content (AvgIpc) is 3.61. The smallest absolute Gasteiger partial charge is 0.260 e. The van der Waals surface area contributed by atoms with Gasteiger partial charge in [-0.05, 0) is 71.8 Å². The van der Waals surface area contributed by atoms with Gasteiger partial charge in [0, 0.05) is 28.4 Å². The number of ether oxygens (including phenoxy) is 2. The van der Waals surface area contributed by atoms with Gasteiger partial charge in [-0.3, -0.25) is 0 Å². The van der Waals surface area contributed by atoms with E-state index in [0.717, 1.165) is 39.7 Å². The van der Waals surface area contributed by atoms with Crippen molar-refractivity contribution in [1.82, 2.24) is 4.57 Å². The van der Waals surface area contributed by atoms with Gasteiger partial charge in [0.25, 0.3) is 6.71 Å². The molecule has 61 heavy (non-hydrogen) atoms. The van der Waals surface area contributed by atoms with E-state index in [4.69, 9.17) is 9.47 Å². The molecule has 0 saturated heterocycles. The summed E-state index contributed by atoms with van der Waals surface area (Å²) >= 11 is 0. The van der Waals surface area contributed by atoms with E-state index < -0.39 is 8.07 Å². The molecule has 0 spiro atoms. The maximum absolute atomic E-state index is 7.09. The minimum absolute atomic E-state index is 0.0186. The lowest BCUT2D eigenvalue weighted by Crippen LogP contribution is -2.75. The van der Waals surface area contributed by atoms with E-state index in [1.807, 2.05) is 0 Å². The predicted molar refractivity (Wildman–Crippen MR) is 259 cm³/mol. The zero-order valence-corrected chi connectivity index (χ0v) is 36.7. The SMILES string of the molecule is CC(C)(C)c1ccc2c(c1)B1c3cc(C(C)(C)C)ccc3Oc3cc(-n4c5ccccc5c5cccc([Si](c6ccccc6)(c6ccccc6)c6ccccc6)c54)cc(c31)O2. The van der Waals surface area contributed by atoms with Crippen LogP contribution in [-0.4, -0.2) is 19.4 Å². The third kappa shape index (κ3) is 5.78. The Morgan fingerprint density at radius 3 is 1.39 bits per heavy atom. The molecule has 2 aliphatic rings. The fraction of sp³-hybridized carbons (Fsp3) is 0.143. The van der Waals surface area contributed by atoms with Crippen LogP contribution in [0.15, 0.2) is 182 Å². The molecule has 0 bridgehead atoms. The van der Waals surface area contributed by atoms with Crippen molar-refractivity contribution < 1.29 is 9.47 Å². The van der Waals surface area contributed by atoms with Crippen molar-refractivity contribution in [2.45, 2.75) is 52.4 Å². The first-order valence-corrected chi connectivity index (χ1v) is 23.5. The average molecular weight is 806 g/mol. The molecule has 5 heteroatoms. The molecular weight excluding hydrogens is 758 g/mol. The standard InChI is InChI=1S/C56H48BNO2Si/c1-55(2,3)37-29-31-48-45(33-37)57-46-34-38(56(4,5)6)30-32-49(46)60-51-36-39(35-50(59-48)53(51)57)58-47-27-17-16-25-43(47)44-26-18-28-52(54(44)58)61(40-19-10-7-11-20-40,41-21-12-8-13-22-41)42-23-14-9-15-24-42/h7-36H,1-6H3. The van der Waals surface area contributed by atoms with Gasteiger partial charge in [0.05, 0.1) is 16.7 Å². The molecule has 9 aromatic rings. The Balaban J connectivity index is 1.23. The van der Waals surface area contributed by atoms with Crippen LogP contribution in [0.5, 0.6) is 23.0 Å². The van der Waals surface area contributed by atoms with Crippen molar-refractivity contribution in [2.75, 3.05) is 0 Å². The molecule has 0 amide bonds. The highest BCUT2D eigenvalue weighted by Gasteiger charge is 2.45. The summed E-state index contributed by atoms with van der Waals surface area (Å²) in [6.45, 7) is 13.7. The quantitative estimate of drug-likeness (QED) is 0.128. The van der Waals surface area contributed by atoms with Crippen molar-refractivity contribution in [1.29, 1.82) is 0 Å². The van der Waals surface area contributed by atoms with Crippen LogP contribution in [0.2, 0.25) is 0 Å². The molecule has 2 aliphatic heterocycles. The second kappa shape index (κ2) is 13.7. The second-order valence-electron chi connectivity index (χ2n) is 18.9. The van der Waals surface area contributed by atoms with Gasteiger partial charge in [-0.15, -0.1) is 0 Å². The minimum atomic E-state index is -2.96. The fourth-order valence-corrected chi connectivity index (χ4v) is 15.1. The largest absolute Gasteiger partial charge is 0.458 e. The molecule has 0 atom stereocenters. The molecule has 0 radical (unpaired) electrons. The summed E-state index contributed by atoms with van der Waals surface area (Å²) in [6.07, 6.45) is 0. The Bertz CT molecular complexity index is 2970. The van der Waals surface area contributed by atoms with Crippen LogP contribution in [0.1, 0.15) is 52.7 Å². The Kier molecular flexibility index (Phi) is 8.43. The molecule has 0 N–H and O–H groups in total. The Morgan fingerprint density at radius 1 is 0.443 bits per heavy atom. The van der Waals surface area contributed by atoms with Crippen LogP contribution < -0.4 is 46.6 Å². The van der Waals surface area contributed by atoms with Crippen molar-refractivity contribution in [2.24, 2.45) is 0 Å². The first-order valence-electron chi connectivity index (χ1n) is 21.5. The Morgan fingerprint density at radius 2 is 0.902 bits per heavy atom. The van der Waals surface area contributed by atoms with E-state index in [1.165, 1.54) is 59.1 Å². The van der Waals surface area contributed by atoms with Crippen molar-refractivity contribution in [3.8, 4) is 28.7 Å². The van der Waals surface area contributed by atoms with Gasteiger partial charge in [-0.25, -0.2) is 0 Å². The molecule has 296 valence electrons. The summed E-state index contributed by atoms with van der Waals surface area (Å²) in [5, 5.41) is 7.77. The van der Waals surface area contributed by atoms with Gasteiger partial charge >= 0.3 is 0 Å². The summed E-state index contributed by atoms with van der Waals surface area (Å²) < 4.78 is 16.7. The highest BCUT2D eigenvalue weighted by molar-refractivity contribution is 7.20. The van der Waals surface area contributed by atoms with E-state index in [0.29, 0.717) is 0 Å². The zero-order valence-electron chi connectivity index (χ0n) is 35.7. The highest BCUT2D eigenvalue weighted by atomic mass is 28.3. The molecule has 11 rings (SSSR count). The number of aromatic nitrogens is 1. The molecule has 3 heterocycles. The third-order valence-electron chi connectivity index (χ3n) is 13.2. The van der Waals surface area contributed by atoms with Crippen LogP contribution >= 0.6 is 0 Å². The van der Waals surface area contributed by atoms with Crippen LogP contribution in [0, 0.1) is 0 Å². The van der Waals surface area contributed by atoms with E-state index in [9.17, 15) is 0 Å². The van der Waals surface area contributed by atoms with Crippen LogP contribution in [0.25, 0.3) is 27.5 Å². The Labute approximate surface area is 360 Å². The van der Waals surface area contributed by atoms with Gasteiger partial charge in [0.2, 0.25) is 0 Å². The maximum atomic E-state index is 7.09. The molecule has 0 unspecified atom stereocenters. The normalized spacial score (nSPS) is 13.3. The van der Waals surface area contributed by atoms with Gasteiger partial charge in [0.15, 0.2) is 8.07 Å². The molecular formula is C56H48BNO2Si. The van der Waals surface area contributed by atoms with E-state index in [1.54, 1.807) is 0 Å².